The number of fused-ring (bicyclic) bond motifs is 2. The molecule has 32 heavy (non-hydrogen) atoms. The second-order valence-corrected chi connectivity index (χ2v) is 8.23. The lowest BCUT2D eigenvalue weighted by atomic mass is 10.0. The van der Waals surface area contributed by atoms with Crippen LogP contribution in [-0.2, 0) is 24.9 Å². The van der Waals surface area contributed by atoms with Crippen LogP contribution in [0.25, 0.3) is 22.3 Å². The van der Waals surface area contributed by atoms with E-state index in [0.29, 0.717) is 0 Å². The van der Waals surface area contributed by atoms with Gasteiger partial charge in [0.2, 0.25) is 0 Å². The lowest BCUT2D eigenvalue weighted by Gasteiger charge is -2.28. The standard InChI is InChI=1S/C24H25N7O/c1-30-7-5-18-17(4-6-26-24(18)30)23-20-14-25-13-19(20)21(15-28-23)29-22-3-2-16(12-27-22)31-8-10-32-11-9-31/h2-7,12,15,25H,8-11,13-14H2,1H3,(H,27,29). The Kier molecular flexibility index (Phi) is 4.74. The van der Waals surface area contributed by atoms with Crippen molar-refractivity contribution in [3.63, 3.8) is 0 Å². The minimum Gasteiger partial charge on any atom is -0.378 e. The van der Waals surface area contributed by atoms with Gasteiger partial charge in [-0.05, 0) is 35.4 Å². The zero-order valence-corrected chi connectivity index (χ0v) is 18.0. The molecule has 1 fully saturated rings. The third kappa shape index (κ3) is 3.28. The van der Waals surface area contributed by atoms with Crippen molar-refractivity contribution in [3.8, 4) is 11.3 Å². The SMILES string of the molecule is Cn1ccc2c(-c3ncc(Nc4ccc(N5CCOCC5)cn4)c4c3CNC4)ccnc21. The molecule has 0 atom stereocenters. The van der Waals surface area contributed by atoms with Gasteiger partial charge < -0.3 is 24.8 Å². The summed E-state index contributed by atoms with van der Waals surface area (Å²) in [5.74, 6) is 0.819. The fraction of sp³-hybridized carbons (Fsp3) is 0.292. The average molecular weight is 428 g/mol. The Morgan fingerprint density at radius 1 is 0.969 bits per heavy atom. The molecule has 8 nitrogen and oxygen atoms in total. The van der Waals surface area contributed by atoms with Crippen LogP contribution in [0.5, 0.6) is 0 Å². The Labute approximate surface area is 186 Å². The van der Waals surface area contributed by atoms with Gasteiger partial charge in [-0.25, -0.2) is 9.97 Å². The zero-order chi connectivity index (χ0) is 21.5. The summed E-state index contributed by atoms with van der Waals surface area (Å²) in [5, 5.41) is 8.09. The highest BCUT2D eigenvalue weighted by Crippen LogP contribution is 2.36. The highest BCUT2D eigenvalue weighted by molar-refractivity contribution is 5.93. The molecule has 0 saturated carbocycles. The normalized spacial score (nSPS) is 15.8. The number of pyridine rings is 3. The van der Waals surface area contributed by atoms with Crippen LogP contribution < -0.4 is 15.5 Å². The minimum absolute atomic E-state index is 0.768. The number of ether oxygens (including phenoxy) is 1. The first-order valence-corrected chi connectivity index (χ1v) is 11.0. The highest BCUT2D eigenvalue weighted by atomic mass is 16.5. The molecule has 0 unspecified atom stereocenters. The van der Waals surface area contributed by atoms with Crippen LogP contribution in [-0.4, -0.2) is 45.8 Å². The molecule has 2 N–H and O–H groups in total. The van der Waals surface area contributed by atoms with Crippen molar-refractivity contribution in [1.82, 2.24) is 24.8 Å². The van der Waals surface area contributed by atoms with Gasteiger partial charge >= 0.3 is 0 Å². The molecule has 4 aromatic heterocycles. The maximum absolute atomic E-state index is 5.44. The van der Waals surface area contributed by atoms with Gasteiger partial charge in [-0.3, -0.25) is 4.98 Å². The summed E-state index contributed by atoms with van der Waals surface area (Å²) in [5.41, 5.74) is 7.71. The summed E-state index contributed by atoms with van der Waals surface area (Å²) in [7, 11) is 2.02. The van der Waals surface area contributed by atoms with Crippen LogP contribution in [0.2, 0.25) is 0 Å². The van der Waals surface area contributed by atoms with E-state index >= 15 is 0 Å². The molecular formula is C24H25N7O. The fourth-order valence-corrected chi connectivity index (χ4v) is 4.61. The monoisotopic (exact) mass is 427 g/mol. The maximum atomic E-state index is 5.44. The smallest absolute Gasteiger partial charge is 0.140 e. The number of nitrogens with one attached hydrogen (secondary N) is 2. The van der Waals surface area contributed by atoms with E-state index in [1.165, 1.54) is 11.1 Å². The molecule has 2 aliphatic heterocycles. The Hall–Kier alpha value is -3.49. The van der Waals surface area contributed by atoms with E-state index in [0.717, 1.165) is 78.9 Å². The molecule has 8 heteroatoms. The molecule has 2 aliphatic rings. The van der Waals surface area contributed by atoms with Gasteiger partial charge in [0, 0.05) is 56.6 Å². The van der Waals surface area contributed by atoms with Crippen molar-refractivity contribution in [3.05, 3.63) is 60.2 Å². The summed E-state index contributed by atoms with van der Waals surface area (Å²) in [4.78, 5) is 16.3. The number of hydrogen-bond donors (Lipinski definition) is 2. The van der Waals surface area contributed by atoms with Gasteiger partial charge in [-0.2, -0.15) is 0 Å². The molecule has 4 aromatic rings. The van der Waals surface area contributed by atoms with Crippen molar-refractivity contribution < 1.29 is 4.74 Å². The van der Waals surface area contributed by atoms with Crippen LogP contribution in [0, 0.1) is 0 Å². The predicted molar refractivity (Wildman–Crippen MR) is 125 cm³/mol. The van der Waals surface area contributed by atoms with E-state index in [1.54, 1.807) is 0 Å². The minimum atomic E-state index is 0.768. The first-order valence-electron chi connectivity index (χ1n) is 11.0. The summed E-state index contributed by atoms with van der Waals surface area (Å²) >= 11 is 0. The van der Waals surface area contributed by atoms with Crippen molar-refractivity contribution in [2.75, 3.05) is 36.5 Å². The molecule has 0 radical (unpaired) electrons. The van der Waals surface area contributed by atoms with Crippen molar-refractivity contribution >= 4 is 28.2 Å². The third-order valence-corrected chi connectivity index (χ3v) is 6.31. The fourth-order valence-electron chi connectivity index (χ4n) is 4.61. The Morgan fingerprint density at radius 3 is 2.69 bits per heavy atom. The van der Waals surface area contributed by atoms with Crippen LogP contribution >= 0.6 is 0 Å². The zero-order valence-electron chi connectivity index (χ0n) is 18.0. The Bertz CT molecular complexity index is 1280. The lowest BCUT2D eigenvalue weighted by molar-refractivity contribution is 0.122. The van der Waals surface area contributed by atoms with Gasteiger partial charge in [-0.15, -0.1) is 0 Å². The second-order valence-electron chi connectivity index (χ2n) is 8.23. The van der Waals surface area contributed by atoms with E-state index in [2.05, 4.69) is 43.7 Å². The molecule has 6 heterocycles. The van der Waals surface area contributed by atoms with Gasteiger partial charge in [0.05, 0.1) is 42.7 Å². The van der Waals surface area contributed by atoms with Gasteiger partial charge in [0.15, 0.2) is 0 Å². The lowest BCUT2D eigenvalue weighted by Crippen LogP contribution is -2.36. The summed E-state index contributed by atoms with van der Waals surface area (Å²) < 4.78 is 7.48. The highest BCUT2D eigenvalue weighted by Gasteiger charge is 2.22. The third-order valence-electron chi connectivity index (χ3n) is 6.31. The quantitative estimate of drug-likeness (QED) is 0.518. The number of nitrogens with zero attached hydrogens (tertiary/aromatic N) is 5. The molecule has 0 aromatic carbocycles. The number of aryl methyl sites for hydroxylation is 1. The molecular weight excluding hydrogens is 402 g/mol. The first-order chi connectivity index (χ1) is 15.8. The number of aromatic nitrogens is 4. The molecule has 1 saturated heterocycles. The van der Waals surface area contributed by atoms with E-state index in [1.807, 2.05) is 42.5 Å². The van der Waals surface area contributed by atoms with Gasteiger partial charge in [0.1, 0.15) is 11.5 Å². The van der Waals surface area contributed by atoms with E-state index < -0.39 is 0 Å². The van der Waals surface area contributed by atoms with Crippen LogP contribution in [0.15, 0.2) is 49.1 Å². The number of anilines is 3. The van der Waals surface area contributed by atoms with Crippen molar-refractivity contribution in [1.29, 1.82) is 0 Å². The number of hydrogen-bond acceptors (Lipinski definition) is 7. The van der Waals surface area contributed by atoms with E-state index in [-0.39, 0.29) is 0 Å². The molecule has 162 valence electrons. The maximum Gasteiger partial charge on any atom is 0.140 e. The predicted octanol–water partition coefficient (Wildman–Crippen LogP) is 3.21. The van der Waals surface area contributed by atoms with Crippen molar-refractivity contribution in [2.24, 2.45) is 7.05 Å². The second kappa shape index (κ2) is 7.89. The van der Waals surface area contributed by atoms with Crippen LogP contribution in [0.3, 0.4) is 0 Å². The topological polar surface area (TPSA) is 80.1 Å². The van der Waals surface area contributed by atoms with Gasteiger partial charge in [-0.1, -0.05) is 0 Å². The summed E-state index contributed by atoms with van der Waals surface area (Å²) in [6.45, 7) is 4.95. The Balaban J connectivity index is 1.31. The molecule has 0 bridgehead atoms. The molecule has 0 spiro atoms. The summed E-state index contributed by atoms with van der Waals surface area (Å²) in [6, 6.07) is 8.32. The van der Waals surface area contributed by atoms with Crippen molar-refractivity contribution in [2.45, 2.75) is 13.1 Å². The first kappa shape index (κ1) is 19.2. The molecule has 0 aliphatic carbocycles. The average Bonchev–Trinajstić information content (AvgIpc) is 3.48. The molecule has 6 rings (SSSR count). The Morgan fingerprint density at radius 2 is 1.84 bits per heavy atom. The largest absolute Gasteiger partial charge is 0.378 e. The summed E-state index contributed by atoms with van der Waals surface area (Å²) in [6.07, 6.45) is 7.76. The van der Waals surface area contributed by atoms with E-state index in [4.69, 9.17) is 9.72 Å². The van der Waals surface area contributed by atoms with Crippen LogP contribution in [0.1, 0.15) is 11.1 Å². The van der Waals surface area contributed by atoms with Gasteiger partial charge in [0.25, 0.3) is 0 Å². The number of morpholine rings is 1. The molecule has 0 amide bonds. The van der Waals surface area contributed by atoms with Crippen LogP contribution in [0.4, 0.5) is 17.2 Å². The number of rotatable bonds is 4. The van der Waals surface area contributed by atoms with E-state index in [9.17, 15) is 0 Å².